The van der Waals surface area contributed by atoms with E-state index in [9.17, 15) is 19.8 Å². The number of ether oxygens (including phenoxy) is 1. The molecule has 2 aliphatic rings. The Labute approximate surface area is 183 Å². The highest BCUT2D eigenvalue weighted by molar-refractivity contribution is 6.10. The number of carboxylic acid groups (broad SMARTS) is 1. The lowest BCUT2D eigenvalue weighted by Crippen LogP contribution is -2.41. The van der Waals surface area contributed by atoms with Gasteiger partial charge in [0.25, 0.3) is 0 Å². The van der Waals surface area contributed by atoms with Gasteiger partial charge < -0.3 is 20.3 Å². The van der Waals surface area contributed by atoms with E-state index in [0.29, 0.717) is 31.0 Å². The number of aliphatic carboxylic acids is 1. The van der Waals surface area contributed by atoms with Crippen molar-refractivity contribution < 1.29 is 24.5 Å². The van der Waals surface area contributed by atoms with Crippen LogP contribution in [-0.2, 0) is 14.3 Å². The number of carbonyl (C=O) groups is 2. The molecule has 31 heavy (non-hydrogen) atoms. The minimum absolute atomic E-state index is 0.307. The number of hydrogen-bond donors (Lipinski definition) is 3. The molecule has 1 heterocycles. The fourth-order valence-electron chi connectivity index (χ4n) is 3.66. The number of likely N-dealkylation sites (tertiary alicyclic amines) is 1. The second-order valence-electron chi connectivity index (χ2n) is 9.45. The number of aliphatic hydroxyl groups is 1. The maximum Gasteiger partial charge on any atom is 0.319 e. The molecule has 1 saturated carbocycles. The third kappa shape index (κ3) is 6.54. The van der Waals surface area contributed by atoms with Crippen molar-refractivity contribution in [3.05, 3.63) is 29.8 Å². The average Bonchev–Trinajstić information content (AvgIpc) is 3.49. The summed E-state index contributed by atoms with van der Waals surface area (Å²) in [4.78, 5) is 25.6. The number of nitrogens with zero attached hydrogens (tertiary/aromatic N) is 1. The van der Waals surface area contributed by atoms with Crippen molar-refractivity contribution in [3.63, 3.8) is 0 Å². The predicted molar refractivity (Wildman–Crippen MR) is 117 cm³/mol. The second-order valence-corrected chi connectivity index (χ2v) is 9.45. The Kier molecular flexibility index (Phi) is 7.05. The van der Waals surface area contributed by atoms with Crippen molar-refractivity contribution in [1.82, 2.24) is 4.90 Å². The summed E-state index contributed by atoms with van der Waals surface area (Å²) in [5.41, 5.74) is -0.180. The summed E-state index contributed by atoms with van der Waals surface area (Å²) >= 11 is 0. The molecule has 2 fully saturated rings. The van der Waals surface area contributed by atoms with E-state index < -0.39 is 23.6 Å². The summed E-state index contributed by atoms with van der Waals surface area (Å²) in [6, 6.07) is 7.16. The summed E-state index contributed by atoms with van der Waals surface area (Å²) < 4.78 is 5.57. The van der Waals surface area contributed by atoms with E-state index in [2.05, 4.69) is 22.1 Å². The van der Waals surface area contributed by atoms with Crippen molar-refractivity contribution in [2.75, 3.05) is 25.0 Å². The Bertz CT molecular complexity index is 851. The molecule has 1 aliphatic carbocycles. The molecule has 1 saturated heterocycles. The molecule has 1 atom stereocenters. The van der Waals surface area contributed by atoms with Gasteiger partial charge >= 0.3 is 5.97 Å². The number of carboxylic acids is 1. The summed E-state index contributed by atoms with van der Waals surface area (Å²) in [6.45, 7) is 8.04. The first-order valence-electron chi connectivity index (χ1n) is 10.8. The molecule has 0 aromatic heterocycles. The van der Waals surface area contributed by atoms with Crippen LogP contribution in [0.15, 0.2) is 24.3 Å². The number of rotatable bonds is 6. The van der Waals surface area contributed by atoms with Gasteiger partial charge in [0.2, 0.25) is 5.91 Å². The number of carbonyl (C=O) groups excluding carboxylic acids is 1. The normalized spacial score (nSPS) is 19.7. The van der Waals surface area contributed by atoms with Gasteiger partial charge in [0.05, 0.1) is 5.60 Å². The molecule has 7 nitrogen and oxygen atoms in total. The van der Waals surface area contributed by atoms with E-state index in [1.165, 1.54) is 0 Å². The molecule has 1 aliphatic heterocycles. The molecule has 1 unspecified atom stereocenters. The van der Waals surface area contributed by atoms with Crippen LogP contribution >= 0.6 is 0 Å². The molecule has 0 bridgehead atoms. The van der Waals surface area contributed by atoms with E-state index in [4.69, 9.17) is 4.74 Å². The Morgan fingerprint density at radius 1 is 1.23 bits per heavy atom. The SMILES string of the molecule is CC(C)(C)OC(O)CN1CCC(C#Cc2ccc(NC(=O)C3(C(=O)O)CC3)cc2)CC1. The van der Waals surface area contributed by atoms with Gasteiger partial charge in [-0.3, -0.25) is 14.5 Å². The molecular weight excluding hydrogens is 396 g/mol. The largest absolute Gasteiger partial charge is 0.480 e. The van der Waals surface area contributed by atoms with Gasteiger partial charge in [0.15, 0.2) is 6.29 Å². The van der Waals surface area contributed by atoms with Gasteiger partial charge in [-0.05, 0) is 83.8 Å². The Morgan fingerprint density at radius 3 is 2.35 bits per heavy atom. The smallest absolute Gasteiger partial charge is 0.319 e. The van der Waals surface area contributed by atoms with E-state index >= 15 is 0 Å². The first-order chi connectivity index (χ1) is 14.6. The highest BCUT2D eigenvalue weighted by Gasteiger charge is 2.57. The van der Waals surface area contributed by atoms with Gasteiger partial charge in [-0.2, -0.15) is 0 Å². The van der Waals surface area contributed by atoms with E-state index in [-0.39, 0.29) is 5.60 Å². The average molecular weight is 429 g/mol. The molecule has 1 aromatic rings. The van der Waals surface area contributed by atoms with Gasteiger partial charge in [0.1, 0.15) is 5.41 Å². The van der Waals surface area contributed by atoms with Crippen LogP contribution in [0.4, 0.5) is 5.69 Å². The van der Waals surface area contributed by atoms with Gasteiger partial charge in [0, 0.05) is 23.7 Å². The maximum absolute atomic E-state index is 12.2. The van der Waals surface area contributed by atoms with Crippen LogP contribution < -0.4 is 5.32 Å². The fourth-order valence-corrected chi connectivity index (χ4v) is 3.66. The molecule has 1 amide bonds. The standard InChI is InChI=1S/C24H32N2O5/c1-23(2,3)31-20(27)16-26-14-10-18(11-15-26)5-4-17-6-8-19(9-7-17)25-21(28)24(12-13-24)22(29)30/h6-9,18,20,27H,10-16H2,1-3H3,(H,25,28)(H,29,30). The number of β-amino-alcohol motifs (C(OH)–C–C–N with tert-alkyl or cyclic N) is 1. The third-order valence-electron chi connectivity index (χ3n) is 5.65. The van der Waals surface area contributed by atoms with E-state index in [0.717, 1.165) is 31.5 Å². The number of piperidine rings is 1. The summed E-state index contributed by atoms with van der Waals surface area (Å²) in [7, 11) is 0. The molecule has 0 radical (unpaired) electrons. The lowest BCUT2D eigenvalue weighted by Gasteiger charge is -2.33. The molecule has 3 rings (SSSR count). The van der Waals surface area contributed by atoms with Crippen molar-refractivity contribution in [3.8, 4) is 11.8 Å². The first-order valence-corrected chi connectivity index (χ1v) is 10.8. The number of hydrogen-bond acceptors (Lipinski definition) is 5. The quantitative estimate of drug-likeness (QED) is 0.366. The minimum Gasteiger partial charge on any atom is -0.480 e. The zero-order valence-electron chi connectivity index (χ0n) is 18.5. The number of aliphatic hydroxyl groups excluding tert-OH is 1. The van der Waals surface area contributed by atoms with Crippen molar-refractivity contribution in [2.45, 2.75) is 58.3 Å². The first kappa shape index (κ1) is 23.3. The zero-order valence-corrected chi connectivity index (χ0v) is 18.5. The molecule has 3 N–H and O–H groups in total. The number of benzene rings is 1. The van der Waals surface area contributed by atoms with Crippen molar-refractivity contribution >= 4 is 17.6 Å². The molecule has 168 valence electrons. The van der Waals surface area contributed by atoms with Crippen LogP contribution in [0.2, 0.25) is 0 Å². The number of anilines is 1. The minimum atomic E-state index is -1.25. The van der Waals surface area contributed by atoms with E-state index in [1.54, 1.807) is 12.1 Å². The van der Waals surface area contributed by atoms with Crippen LogP contribution in [0, 0.1) is 23.2 Å². The fraction of sp³-hybridized carbons (Fsp3) is 0.583. The Balaban J connectivity index is 1.45. The molecule has 1 aromatic carbocycles. The third-order valence-corrected chi connectivity index (χ3v) is 5.65. The van der Waals surface area contributed by atoms with Gasteiger partial charge in [-0.15, -0.1) is 0 Å². The summed E-state index contributed by atoms with van der Waals surface area (Å²) in [6.07, 6.45) is 1.88. The van der Waals surface area contributed by atoms with E-state index in [1.807, 2.05) is 32.9 Å². The van der Waals surface area contributed by atoms with Crippen LogP contribution in [0.5, 0.6) is 0 Å². The van der Waals surface area contributed by atoms with Crippen LogP contribution in [0.25, 0.3) is 0 Å². The topological polar surface area (TPSA) is 99.1 Å². The Hall–Kier alpha value is -2.40. The lowest BCUT2D eigenvalue weighted by molar-refractivity contribution is -0.175. The molecular formula is C24H32N2O5. The second kappa shape index (κ2) is 9.39. The summed E-state index contributed by atoms with van der Waals surface area (Å²) in [5.74, 6) is 5.31. The monoisotopic (exact) mass is 428 g/mol. The zero-order chi connectivity index (χ0) is 22.6. The highest BCUT2D eigenvalue weighted by atomic mass is 16.6. The highest BCUT2D eigenvalue weighted by Crippen LogP contribution is 2.46. The lowest BCUT2D eigenvalue weighted by atomic mass is 9.97. The predicted octanol–water partition coefficient (Wildman–Crippen LogP) is 2.69. The van der Waals surface area contributed by atoms with Crippen LogP contribution in [0.1, 0.15) is 52.0 Å². The van der Waals surface area contributed by atoms with Crippen LogP contribution in [-0.4, -0.2) is 58.5 Å². The molecule has 0 spiro atoms. The number of amides is 1. The Morgan fingerprint density at radius 2 is 1.84 bits per heavy atom. The summed E-state index contributed by atoms with van der Waals surface area (Å²) in [5, 5.41) is 21.9. The number of nitrogens with one attached hydrogen (secondary N) is 1. The molecule has 7 heteroatoms. The van der Waals surface area contributed by atoms with Crippen molar-refractivity contribution in [2.24, 2.45) is 11.3 Å². The van der Waals surface area contributed by atoms with Gasteiger partial charge in [-0.1, -0.05) is 11.8 Å². The van der Waals surface area contributed by atoms with Gasteiger partial charge in [-0.25, -0.2) is 0 Å². The maximum atomic E-state index is 12.2. The van der Waals surface area contributed by atoms with Crippen molar-refractivity contribution in [1.29, 1.82) is 0 Å². The van der Waals surface area contributed by atoms with Crippen LogP contribution in [0.3, 0.4) is 0 Å².